The summed E-state index contributed by atoms with van der Waals surface area (Å²) in [6, 6.07) is 2.58. The van der Waals surface area contributed by atoms with Crippen molar-refractivity contribution in [3.8, 4) is 5.75 Å². The largest absolute Gasteiger partial charge is 0.496 e. The maximum atomic E-state index is 14.0. The third kappa shape index (κ3) is 3.06. The van der Waals surface area contributed by atoms with Gasteiger partial charge in [-0.25, -0.2) is 12.8 Å². The van der Waals surface area contributed by atoms with Crippen molar-refractivity contribution in [3.05, 3.63) is 23.5 Å². The van der Waals surface area contributed by atoms with Crippen LogP contribution in [0.15, 0.2) is 17.0 Å². The number of hydrogen-bond donors (Lipinski definition) is 1. The summed E-state index contributed by atoms with van der Waals surface area (Å²) in [6.07, 6.45) is 2.96. The Morgan fingerprint density at radius 1 is 1.42 bits per heavy atom. The monoisotopic (exact) mass is 287 g/mol. The molecule has 2 rings (SSSR count). The number of sulfone groups is 1. The number of piperidine rings is 1. The first kappa shape index (κ1) is 14.3. The Balaban J connectivity index is 2.47. The van der Waals surface area contributed by atoms with E-state index in [1.54, 1.807) is 0 Å². The predicted octanol–water partition coefficient (Wildman–Crippen LogP) is 1.70. The second-order valence-electron chi connectivity index (χ2n) is 4.84. The normalized spacial score (nSPS) is 20.3. The summed E-state index contributed by atoms with van der Waals surface area (Å²) >= 11 is 0. The number of halogens is 1. The van der Waals surface area contributed by atoms with E-state index in [4.69, 9.17) is 4.74 Å². The molecule has 1 aromatic carbocycles. The van der Waals surface area contributed by atoms with E-state index in [1.807, 2.05) is 0 Å². The summed E-state index contributed by atoms with van der Waals surface area (Å²) in [6.45, 7) is 1.72. The maximum absolute atomic E-state index is 14.0. The first-order valence-electron chi connectivity index (χ1n) is 6.21. The average Bonchev–Trinajstić information content (AvgIpc) is 2.38. The lowest BCUT2D eigenvalue weighted by Crippen LogP contribution is -2.28. The Bertz CT molecular complexity index is 565. The minimum Gasteiger partial charge on any atom is -0.496 e. The molecule has 1 aliphatic heterocycles. The highest BCUT2D eigenvalue weighted by molar-refractivity contribution is 7.90. The van der Waals surface area contributed by atoms with Crippen LogP contribution >= 0.6 is 0 Å². The highest BCUT2D eigenvalue weighted by Gasteiger charge is 2.23. The summed E-state index contributed by atoms with van der Waals surface area (Å²) in [7, 11) is -2.11. The zero-order chi connectivity index (χ0) is 14.0. The molecule has 1 unspecified atom stereocenters. The van der Waals surface area contributed by atoms with E-state index in [-0.39, 0.29) is 10.8 Å². The molecule has 4 nitrogen and oxygen atoms in total. The Morgan fingerprint density at radius 3 is 2.68 bits per heavy atom. The number of rotatable bonds is 3. The molecule has 1 aromatic rings. The smallest absolute Gasteiger partial charge is 0.178 e. The predicted molar refractivity (Wildman–Crippen MR) is 70.9 cm³/mol. The number of methoxy groups -OCH3 is 1. The second-order valence-corrected chi connectivity index (χ2v) is 6.82. The van der Waals surface area contributed by atoms with E-state index in [9.17, 15) is 12.8 Å². The highest BCUT2D eigenvalue weighted by Crippen LogP contribution is 2.34. The molecule has 1 heterocycles. The van der Waals surface area contributed by atoms with Gasteiger partial charge in [-0.15, -0.1) is 0 Å². The molecular weight excluding hydrogens is 269 g/mol. The van der Waals surface area contributed by atoms with Gasteiger partial charge in [-0.05, 0) is 25.5 Å². The minimum atomic E-state index is -3.58. The van der Waals surface area contributed by atoms with Crippen LogP contribution in [0, 0.1) is 5.82 Å². The first-order valence-corrected chi connectivity index (χ1v) is 8.11. The van der Waals surface area contributed by atoms with Crippen LogP contribution in [-0.2, 0) is 9.84 Å². The highest BCUT2D eigenvalue weighted by atomic mass is 32.2. The van der Waals surface area contributed by atoms with Crippen LogP contribution in [-0.4, -0.2) is 34.9 Å². The zero-order valence-corrected chi connectivity index (χ0v) is 11.9. The van der Waals surface area contributed by atoms with E-state index in [0.29, 0.717) is 5.75 Å². The molecule has 6 heteroatoms. The Kier molecular flexibility index (Phi) is 4.10. The number of hydrogen-bond acceptors (Lipinski definition) is 4. The van der Waals surface area contributed by atoms with Crippen molar-refractivity contribution in [2.24, 2.45) is 0 Å². The van der Waals surface area contributed by atoms with Crippen LogP contribution in [0.1, 0.15) is 24.3 Å². The van der Waals surface area contributed by atoms with Crippen molar-refractivity contribution in [1.29, 1.82) is 0 Å². The van der Waals surface area contributed by atoms with Gasteiger partial charge in [0.15, 0.2) is 9.84 Å². The van der Waals surface area contributed by atoms with Gasteiger partial charge in [0.05, 0.1) is 7.11 Å². The maximum Gasteiger partial charge on any atom is 0.178 e. The molecule has 1 aliphatic rings. The van der Waals surface area contributed by atoms with Gasteiger partial charge in [0.2, 0.25) is 0 Å². The van der Waals surface area contributed by atoms with Gasteiger partial charge in [0, 0.05) is 30.3 Å². The van der Waals surface area contributed by atoms with E-state index >= 15 is 0 Å². The van der Waals surface area contributed by atoms with Gasteiger partial charge < -0.3 is 10.1 Å². The summed E-state index contributed by atoms with van der Waals surface area (Å²) < 4.78 is 42.2. The molecule has 106 valence electrons. The lowest BCUT2D eigenvalue weighted by atomic mass is 9.91. The number of ether oxygens (including phenoxy) is 1. The van der Waals surface area contributed by atoms with Gasteiger partial charge in [0.25, 0.3) is 0 Å². The third-order valence-corrected chi connectivity index (χ3v) is 4.53. The Hall–Kier alpha value is -1.14. The molecule has 1 saturated heterocycles. The van der Waals surface area contributed by atoms with Crippen LogP contribution in [0.3, 0.4) is 0 Å². The fourth-order valence-corrected chi connectivity index (χ4v) is 3.18. The van der Waals surface area contributed by atoms with Crippen LogP contribution < -0.4 is 10.1 Å². The van der Waals surface area contributed by atoms with Gasteiger partial charge in [0.1, 0.15) is 16.5 Å². The van der Waals surface area contributed by atoms with E-state index in [2.05, 4.69) is 5.32 Å². The van der Waals surface area contributed by atoms with Gasteiger partial charge >= 0.3 is 0 Å². The third-order valence-electron chi connectivity index (χ3n) is 3.42. The SMILES string of the molecule is COc1cc(S(C)(=O)=O)c(F)cc1C1CCCNC1. The second kappa shape index (κ2) is 5.46. The van der Waals surface area contributed by atoms with Crippen LogP contribution in [0.25, 0.3) is 0 Å². The fourth-order valence-electron chi connectivity index (χ4n) is 2.45. The Labute approximate surface area is 112 Å². The molecule has 0 aliphatic carbocycles. The number of benzene rings is 1. The van der Waals surface area contributed by atoms with Crippen LogP contribution in [0.2, 0.25) is 0 Å². The molecule has 0 radical (unpaired) electrons. The van der Waals surface area contributed by atoms with Gasteiger partial charge in [-0.1, -0.05) is 0 Å². The molecule has 19 heavy (non-hydrogen) atoms. The van der Waals surface area contributed by atoms with Crippen molar-refractivity contribution < 1.29 is 17.5 Å². The van der Waals surface area contributed by atoms with E-state index in [0.717, 1.165) is 37.8 Å². The molecule has 0 saturated carbocycles. The summed E-state index contributed by atoms with van der Waals surface area (Å²) in [5, 5.41) is 3.25. The van der Waals surface area contributed by atoms with Crippen molar-refractivity contribution in [2.75, 3.05) is 26.5 Å². The van der Waals surface area contributed by atoms with Gasteiger partial charge in [-0.3, -0.25) is 0 Å². The van der Waals surface area contributed by atoms with Gasteiger partial charge in [-0.2, -0.15) is 0 Å². The van der Waals surface area contributed by atoms with Crippen molar-refractivity contribution in [3.63, 3.8) is 0 Å². The van der Waals surface area contributed by atoms with Crippen LogP contribution in [0.4, 0.5) is 4.39 Å². The molecule has 0 bridgehead atoms. The molecule has 1 atom stereocenters. The molecule has 1 N–H and O–H groups in total. The topological polar surface area (TPSA) is 55.4 Å². The van der Waals surface area contributed by atoms with E-state index in [1.165, 1.54) is 19.2 Å². The van der Waals surface area contributed by atoms with Crippen LogP contribution in [0.5, 0.6) is 5.75 Å². The quantitative estimate of drug-likeness (QED) is 0.919. The van der Waals surface area contributed by atoms with E-state index < -0.39 is 15.7 Å². The molecule has 0 spiro atoms. The summed E-state index contributed by atoms with van der Waals surface area (Å²) in [5.41, 5.74) is 0.736. The summed E-state index contributed by atoms with van der Waals surface area (Å²) in [4.78, 5) is -0.308. The molecule has 0 amide bonds. The molecule has 1 fully saturated rings. The fraction of sp³-hybridized carbons (Fsp3) is 0.538. The molecular formula is C13H18FNO3S. The van der Waals surface area contributed by atoms with Crippen molar-refractivity contribution in [1.82, 2.24) is 5.32 Å². The molecule has 0 aromatic heterocycles. The zero-order valence-electron chi connectivity index (χ0n) is 11.1. The van der Waals surface area contributed by atoms with Crippen molar-refractivity contribution >= 4 is 9.84 Å². The standard InChI is InChI=1S/C13H18FNO3S/c1-18-12-7-13(19(2,16)17)11(14)6-10(12)9-4-3-5-15-8-9/h6-7,9,15H,3-5,8H2,1-2H3. The summed E-state index contributed by atoms with van der Waals surface area (Å²) in [5.74, 6) is -0.105. The lowest BCUT2D eigenvalue weighted by molar-refractivity contribution is 0.388. The number of nitrogens with one attached hydrogen (secondary N) is 1. The minimum absolute atomic E-state index is 0.159. The lowest BCUT2D eigenvalue weighted by Gasteiger charge is -2.25. The van der Waals surface area contributed by atoms with Crippen molar-refractivity contribution in [2.45, 2.75) is 23.7 Å². The Morgan fingerprint density at radius 2 is 2.16 bits per heavy atom. The first-order chi connectivity index (χ1) is 8.93. The average molecular weight is 287 g/mol.